The molecule has 0 aliphatic carbocycles. The first-order valence-electron chi connectivity index (χ1n) is 10.4. The predicted octanol–water partition coefficient (Wildman–Crippen LogP) is 7.49. The molecule has 0 aliphatic rings. The summed E-state index contributed by atoms with van der Waals surface area (Å²) >= 11 is 0. The summed E-state index contributed by atoms with van der Waals surface area (Å²) in [6.07, 6.45) is 28.0. The fourth-order valence-electron chi connectivity index (χ4n) is 2.73. The lowest BCUT2D eigenvalue weighted by atomic mass is 10.0. The van der Waals surface area contributed by atoms with Gasteiger partial charge in [-0.05, 0) is 37.5 Å². The molecule has 0 aromatic heterocycles. The monoisotopic (exact) mass is 360 g/mol. The van der Waals surface area contributed by atoms with E-state index in [1.165, 1.54) is 25.7 Å². The first-order chi connectivity index (χ1) is 12.6. The van der Waals surface area contributed by atoms with Gasteiger partial charge < -0.3 is 5.11 Å². The van der Waals surface area contributed by atoms with Crippen LogP contribution in [0.1, 0.15) is 85.0 Å². The molecular formula is C24H40O2. The van der Waals surface area contributed by atoms with E-state index in [4.69, 9.17) is 5.11 Å². The molecular weight excluding hydrogens is 320 g/mol. The molecule has 26 heavy (non-hydrogen) atoms. The van der Waals surface area contributed by atoms with Crippen molar-refractivity contribution in [1.29, 1.82) is 0 Å². The van der Waals surface area contributed by atoms with Gasteiger partial charge in [0.15, 0.2) is 0 Å². The van der Waals surface area contributed by atoms with Crippen molar-refractivity contribution in [2.45, 2.75) is 85.0 Å². The third-order valence-electron chi connectivity index (χ3n) is 4.46. The predicted molar refractivity (Wildman–Crippen MR) is 114 cm³/mol. The molecule has 2 nitrogen and oxygen atoms in total. The summed E-state index contributed by atoms with van der Waals surface area (Å²) in [5, 5.41) is 8.59. The number of aliphatic carboxylic acids is 1. The maximum atomic E-state index is 10.4. The fraction of sp³-hybridized carbons (Fsp3) is 0.625. The minimum atomic E-state index is -0.686. The Hall–Kier alpha value is -1.57. The van der Waals surface area contributed by atoms with Crippen LogP contribution in [-0.2, 0) is 4.79 Å². The first kappa shape index (κ1) is 24.4. The quantitative estimate of drug-likeness (QED) is 0.229. The van der Waals surface area contributed by atoms with E-state index in [-0.39, 0.29) is 0 Å². The third kappa shape index (κ3) is 18.8. The molecule has 0 aliphatic heterocycles. The fourth-order valence-corrected chi connectivity index (χ4v) is 2.73. The number of rotatable bonds is 16. The summed E-state index contributed by atoms with van der Waals surface area (Å²) in [5.74, 6) is 0.543. The van der Waals surface area contributed by atoms with E-state index in [2.05, 4.69) is 69.4 Å². The topological polar surface area (TPSA) is 37.3 Å². The van der Waals surface area contributed by atoms with Gasteiger partial charge in [0.25, 0.3) is 0 Å². The van der Waals surface area contributed by atoms with Crippen molar-refractivity contribution >= 4 is 5.97 Å². The van der Waals surface area contributed by atoms with E-state index in [0.717, 1.165) is 32.1 Å². The lowest BCUT2D eigenvalue weighted by Crippen LogP contribution is -1.94. The molecule has 0 rings (SSSR count). The normalized spacial score (nSPS) is 14.9. The second-order valence-electron chi connectivity index (χ2n) is 7.31. The van der Waals surface area contributed by atoms with Gasteiger partial charge >= 0.3 is 5.97 Å². The Bertz CT molecular complexity index is 443. The van der Waals surface area contributed by atoms with Crippen molar-refractivity contribution in [3.63, 3.8) is 0 Å². The van der Waals surface area contributed by atoms with Crippen LogP contribution in [0.2, 0.25) is 0 Å². The molecule has 0 aromatic carbocycles. The SMILES string of the molecule is CCCCCC(C)/C=C/C=C\C/C=C\C=C\C(C)CCCCCC(=O)O. The van der Waals surface area contributed by atoms with Crippen molar-refractivity contribution in [3.8, 4) is 0 Å². The zero-order valence-electron chi connectivity index (χ0n) is 17.2. The van der Waals surface area contributed by atoms with Gasteiger partial charge in [-0.1, -0.05) is 101 Å². The molecule has 0 amide bonds. The molecule has 0 saturated carbocycles. The van der Waals surface area contributed by atoms with Crippen LogP contribution >= 0.6 is 0 Å². The van der Waals surface area contributed by atoms with E-state index < -0.39 is 5.97 Å². The average molecular weight is 361 g/mol. The summed E-state index contributed by atoms with van der Waals surface area (Å²) in [7, 11) is 0. The Labute approximate surface area is 161 Å². The van der Waals surface area contributed by atoms with Gasteiger partial charge in [0.05, 0.1) is 0 Å². The molecule has 148 valence electrons. The van der Waals surface area contributed by atoms with Crippen LogP contribution in [0.25, 0.3) is 0 Å². The maximum absolute atomic E-state index is 10.4. The highest BCUT2D eigenvalue weighted by atomic mass is 16.4. The number of carbonyl (C=O) groups is 1. The van der Waals surface area contributed by atoms with Gasteiger partial charge in [-0.2, -0.15) is 0 Å². The Morgan fingerprint density at radius 1 is 0.808 bits per heavy atom. The molecule has 0 fully saturated rings. The minimum Gasteiger partial charge on any atom is -0.481 e. The highest BCUT2D eigenvalue weighted by Gasteiger charge is 1.99. The van der Waals surface area contributed by atoms with Crippen LogP contribution in [0.5, 0.6) is 0 Å². The molecule has 0 aromatic rings. The molecule has 2 unspecified atom stereocenters. The van der Waals surface area contributed by atoms with Crippen LogP contribution < -0.4 is 0 Å². The van der Waals surface area contributed by atoms with Crippen molar-refractivity contribution in [2.24, 2.45) is 11.8 Å². The van der Waals surface area contributed by atoms with Crippen LogP contribution in [0.15, 0.2) is 48.6 Å². The molecule has 2 atom stereocenters. The van der Waals surface area contributed by atoms with Crippen LogP contribution in [0, 0.1) is 11.8 Å². The zero-order chi connectivity index (χ0) is 19.5. The molecule has 0 bridgehead atoms. The van der Waals surface area contributed by atoms with E-state index in [9.17, 15) is 4.79 Å². The summed E-state index contributed by atoms with van der Waals surface area (Å²) in [6.45, 7) is 6.75. The largest absolute Gasteiger partial charge is 0.481 e. The Balaban J connectivity index is 3.71. The van der Waals surface area contributed by atoms with Gasteiger partial charge in [0, 0.05) is 6.42 Å². The van der Waals surface area contributed by atoms with Crippen LogP contribution in [-0.4, -0.2) is 11.1 Å². The standard InChI is InChI=1S/C24H40O2/c1-4-5-12-17-22(2)18-13-9-7-6-8-10-14-19-23(3)20-15-11-16-21-24(25)26/h7-10,13-14,18-19,22-23H,4-6,11-12,15-17,20-21H2,1-3H3,(H,25,26)/b9-7-,10-8-,18-13+,19-14+. The number of unbranched alkanes of at least 4 members (excludes halogenated alkanes) is 4. The van der Waals surface area contributed by atoms with E-state index in [1.807, 2.05) is 0 Å². The van der Waals surface area contributed by atoms with Crippen molar-refractivity contribution in [1.82, 2.24) is 0 Å². The van der Waals surface area contributed by atoms with Crippen LogP contribution in [0.3, 0.4) is 0 Å². The summed E-state index contributed by atoms with van der Waals surface area (Å²) in [5.41, 5.74) is 0. The minimum absolute atomic E-state index is 0.299. The van der Waals surface area contributed by atoms with Gasteiger partial charge in [0.2, 0.25) is 0 Å². The average Bonchev–Trinajstić information content (AvgIpc) is 2.60. The number of hydrogen-bond acceptors (Lipinski definition) is 1. The smallest absolute Gasteiger partial charge is 0.303 e. The molecule has 0 spiro atoms. The second-order valence-corrected chi connectivity index (χ2v) is 7.31. The second kappa shape index (κ2) is 18.2. The van der Waals surface area contributed by atoms with E-state index >= 15 is 0 Å². The number of hydrogen-bond donors (Lipinski definition) is 1. The van der Waals surface area contributed by atoms with Gasteiger partial charge in [-0.25, -0.2) is 0 Å². The van der Waals surface area contributed by atoms with Crippen molar-refractivity contribution < 1.29 is 9.90 Å². The third-order valence-corrected chi connectivity index (χ3v) is 4.46. The zero-order valence-corrected chi connectivity index (χ0v) is 17.2. The van der Waals surface area contributed by atoms with E-state index in [0.29, 0.717) is 18.3 Å². The lowest BCUT2D eigenvalue weighted by Gasteiger charge is -2.04. The van der Waals surface area contributed by atoms with E-state index in [1.54, 1.807) is 0 Å². The Kier molecular flexibility index (Phi) is 17.1. The summed E-state index contributed by atoms with van der Waals surface area (Å²) in [6, 6.07) is 0. The van der Waals surface area contributed by atoms with Gasteiger partial charge in [-0.15, -0.1) is 0 Å². The Morgan fingerprint density at radius 3 is 1.85 bits per heavy atom. The molecule has 0 radical (unpaired) electrons. The van der Waals surface area contributed by atoms with Gasteiger partial charge in [-0.3, -0.25) is 4.79 Å². The highest BCUT2D eigenvalue weighted by Crippen LogP contribution is 2.12. The Morgan fingerprint density at radius 2 is 1.35 bits per heavy atom. The number of allylic oxidation sites excluding steroid dienone is 8. The molecule has 2 heteroatoms. The van der Waals surface area contributed by atoms with Crippen molar-refractivity contribution in [2.75, 3.05) is 0 Å². The van der Waals surface area contributed by atoms with Crippen LogP contribution in [0.4, 0.5) is 0 Å². The highest BCUT2D eigenvalue weighted by molar-refractivity contribution is 5.66. The first-order valence-corrected chi connectivity index (χ1v) is 10.4. The van der Waals surface area contributed by atoms with Crippen molar-refractivity contribution in [3.05, 3.63) is 48.6 Å². The summed E-state index contributed by atoms with van der Waals surface area (Å²) in [4.78, 5) is 10.4. The number of carboxylic acid groups (broad SMARTS) is 1. The van der Waals surface area contributed by atoms with Gasteiger partial charge in [0.1, 0.15) is 0 Å². The number of carboxylic acids is 1. The molecule has 0 heterocycles. The molecule has 0 saturated heterocycles. The maximum Gasteiger partial charge on any atom is 0.303 e. The summed E-state index contributed by atoms with van der Waals surface area (Å²) < 4.78 is 0. The lowest BCUT2D eigenvalue weighted by molar-refractivity contribution is -0.137. The molecule has 1 N–H and O–H groups in total.